The van der Waals surface area contributed by atoms with Gasteiger partial charge in [-0.05, 0) is 32.0 Å². The topological polar surface area (TPSA) is 38.3 Å². The summed E-state index contributed by atoms with van der Waals surface area (Å²) in [7, 11) is 1.37. The molecule has 0 bridgehead atoms. The van der Waals surface area contributed by atoms with Crippen molar-refractivity contribution >= 4 is 21.9 Å². The number of rotatable bonds is 6. The Morgan fingerprint density at radius 1 is 1.56 bits per heavy atom. The van der Waals surface area contributed by atoms with Crippen LogP contribution in [0.4, 0.5) is 4.39 Å². The Morgan fingerprint density at radius 3 is 2.89 bits per heavy atom. The van der Waals surface area contributed by atoms with E-state index in [-0.39, 0.29) is 17.8 Å². The number of carbonyl (C=O) groups is 1. The molecule has 5 heteroatoms. The Kier molecular flexibility index (Phi) is 6.29. The second-order valence-corrected chi connectivity index (χ2v) is 4.94. The molecule has 0 aliphatic heterocycles. The van der Waals surface area contributed by atoms with E-state index < -0.39 is 0 Å². The molecule has 0 aliphatic carbocycles. The van der Waals surface area contributed by atoms with Gasteiger partial charge >= 0.3 is 5.97 Å². The van der Waals surface area contributed by atoms with Gasteiger partial charge in [0.05, 0.1) is 7.11 Å². The summed E-state index contributed by atoms with van der Waals surface area (Å²) in [6, 6.07) is 4.92. The lowest BCUT2D eigenvalue weighted by Crippen LogP contribution is -2.21. The highest BCUT2D eigenvalue weighted by molar-refractivity contribution is 9.10. The summed E-state index contributed by atoms with van der Waals surface area (Å²) in [6.07, 6.45) is 1.05. The molecule has 0 aromatic heterocycles. The average molecular weight is 318 g/mol. The largest absolute Gasteiger partial charge is 0.469 e. The zero-order chi connectivity index (χ0) is 13.5. The molecule has 0 fully saturated rings. The lowest BCUT2D eigenvalue weighted by atomic mass is 10.1. The van der Waals surface area contributed by atoms with E-state index in [0.29, 0.717) is 24.9 Å². The molecule has 1 unspecified atom stereocenters. The van der Waals surface area contributed by atoms with Crippen LogP contribution in [0.5, 0.6) is 0 Å². The maximum atomic E-state index is 13.6. The van der Waals surface area contributed by atoms with Gasteiger partial charge in [-0.15, -0.1) is 0 Å². The number of benzene rings is 1. The molecule has 0 saturated carbocycles. The van der Waals surface area contributed by atoms with E-state index >= 15 is 0 Å². The third kappa shape index (κ3) is 4.74. The van der Waals surface area contributed by atoms with Crippen molar-refractivity contribution in [3.63, 3.8) is 0 Å². The first-order chi connectivity index (χ1) is 8.54. The average Bonchev–Trinajstić information content (AvgIpc) is 2.34. The van der Waals surface area contributed by atoms with Gasteiger partial charge in [0.2, 0.25) is 0 Å². The fourth-order valence-corrected chi connectivity index (χ4v) is 1.95. The Morgan fingerprint density at radius 2 is 2.28 bits per heavy atom. The molecular weight excluding hydrogens is 301 g/mol. The van der Waals surface area contributed by atoms with Crippen molar-refractivity contribution in [2.75, 3.05) is 13.7 Å². The molecule has 0 amide bonds. The second kappa shape index (κ2) is 7.48. The second-order valence-electron chi connectivity index (χ2n) is 4.02. The molecular formula is C13H17BrFNO2. The van der Waals surface area contributed by atoms with E-state index in [1.54, 1.807) is 6.07 Å². The Labute approximate surface area is 115 Å². The van der Waals surface area contributed by atoms with Crippen LogP contribution >= 0.6 is 15.9 Å². The van der Waals surface area contributed by atoms with Gasteiger partial charge in [0.25, 0.3) is 0 Å². The van der Waals surface area contributed by atoms with Gasteiger partial charge in [-0.25, -0.2) is 4.39 Å². The van der Waals surface area contributed by atoms with Gasteiger partial charge in [0.15, 0.2) is 0 Å². The molecule has 0 radical (unpaired) electrons. The highest BCUT2D eigenvalue weighted by Crippen LogP contribution is 2.20. The number of hydrogen-bond acceptors (Lipinski definition) is 3. The lowest BCUT2D eigenvalue weighted by molar-refractivity contribution is -0.140. The van der Waals surface area contributed by atoms with Gasteiger partial charge in [0, 0.05) is 22.5 Å². The molecule has 1 aromatic rings. The van der Waals surface area contributed by atoms with Crippen molar-refractivity contribution in [2.45, 2.75) is 25.8 Å². The number of nitrogens with one attached hydrogen (secondary N) is 1. The van der Waals surface area contributed by atoms with E-state index in [1.165, 1.54) is 13.2 Å². The van der Waals surface area contributed by atoms with Gasteiger partial charge in [0.1, 0.15) is 5.82 Å². The molecule has 0 heterocycles. The van der Waals surface area contributed by atoms with Crippen LogP contribution in [0, 0.1) is 5.82 Å². The molecule has 0 aliphatic rings. The van der Waals surface area contributed by atoms with Crippen molar-refractivity contribution < 1.29 is 13.9 Å². The third-order valence-electron chi connectivity index (χ3n) is 2.66. The molecule has 1 rings (SSSR count). The third-order valence-corrected chi connectivity index (χ3v) is 3.16. The zero-order valence-electron chi connectivity index (χ0n) is 10.5. The minimum atomic E-state index is -0.239. The molecule has 1 atom stereocenters. The van der Waals surface area contributed by atoms with Gasteiger partial charge in [-0.1, -0.05) is 22.0 Å². The Balaban J connectivity index is 2.40. The fraction of sp³-hybridized carbons (Fsp3) is 0.462. The van der Waals surface area contributed by atoms with Gasteiger partial charge in [-0.3, -0.25) is 4.79 Å². The maximum Gasteiger partial charge on any atom is 0.305 e. The molecule has 100 valence electrons. The first-order valence-electron chi connectivity index (χ1n) is 5.79. The Hall–Kier alpha value is -0.940. The van der Waals surface area contributed by atoms with Crippen LogP contribution in [-0.4, -0.2) is 19.6 Å². The molecule has 0 spiro atoms. The smallest absolute Gasteiger partial charge is 0.305 e. The quantitative estimate of drug-likeness (QED) is 0.647. The summed E-state index contributed by atoms with van der Waals surface area (Å²) in [5, 5.41) is 3.18. The maximum absolute atomic E-state index is 13.6. The van der Waals surface area contributed by atoms with Crippen molar-refractivity contribution in [3.05, 3.63) is 34.1 Å². The van der Waals surface area contributed by atoms with Gasteiger partial charge in [-0.2, -0.15) is 0 Å². The zero-order valence-corrected chi connectivity index (χ0v) is 12.1. The fourth-order valence-electron chi connectivity index (χ4n) is 1.62. The van der Waals surface area contributed by atoms with Crippen LogP contribution in [0.2, 0.25) is 0 Å². The van der Waals surface area contributed by atoms with Crippen molar-refractivity contribution in [1.82, 2.24) is 5.32 Å². The van der Waals surface area contributed by atoms with Crippen LogP contribution in [0.15, 0.2) is 22.7 Å². The lowest BCUT2D eigenvalue weighted by Gasteiger charge is -2.15. The summed E-state index contributed by atoms with van der Waals surface area (Å²) >= 11 is 3.22. The van der Waals surface area contributed by atoms with Crippen LogP contribution in [0.25, 0.3) is 0 Å². The normalized spacial score (nSPS) is 12.2. The standard InChI is InChI=1S/C13H17BrFNO2/c1-9(16-7-3-4-13(17)18-2)11-6-5-10(14)8-12(11)15/h5-6,8-9,16H,3-4,7H2,1-2H3. The predicted molar refractivity (Wildman–Crippen MR) is 71.8 cm³/mol. The number of esters is 1. The first kappa shape index (κ1) is 15.1. The summed E-state index contributed by atoms with van der Waals surface area (Å²) in [6.45, 7) is 2.54. The molecule has 18 heavy (non-hydrogen) atoms. The molecule has 1 aromatic carbocycles. The number of methoxy groups -OCH3 is 1. The highest BCUT2D eigenvalue weighted by atomic mass is 79.9. The number of hydrogen-bond donors (Lipinski definition) is 1. The minimum Gasteiger partial charge on any atom is -0.469 e. The predicted octanol–water partition coefficient (Wildman–Crippen LogP) is 3.19. The molecule has 3 nitrogen and oxygen atoms in total. The van der Waals surface area contributed by atoms with E-state index in [0.717, 1.165) is 4.47 Å². The summed E-state index contributed by atoms with van der Waals surface area (Å²) in [5.74, 6) is -0.461. The Bertz CT molecular complexity index is 412. The van der Waals surface area contributed by atoms with Crippen molar-refractivity contribution in [2.24, 2.45) is 0 Å². The SMILES string of the molecule is COC(=O)CCCNC(C)c1ccc(Br)cc1F. The van der Waals surface area contributed by atoms with Crippen molar-refractivity contribution in [3.8, 4) is 0 Å². The van der Waals surface area contributed by atoms with Crippen LogP contribution in [-0.2, 0) is 9.53 Å². The number of ether oxygens (including phenoxy) is 1. The van der Waals surface area contributed by atoms with Crippen LogP contribution in [0.3, 0.4) is 0 Å². The van der Waals surface area contributed by atoms with E-state index in [2.05, 4.69) is 26.0 Å². The summed E-state index contributed by atoms with van der Waals surface area (Å²) in [4.78, 5) is 10.9. The molecule has 1 N–H and O–H groups in total. The van der Waals surface area contributed by atoms with Crippen LogP contribution in [0.1, 0.15) is 31.4 Å². The number of carbonyl (C=O) groups excluding carboxylic acids is 1. The van der Waals surface area contributed by atoms with E-state index in [9.17, 15) is 9.18 Å². The van der Waals surface area contributed by atoms with Gasteiger partial charge < -0.3 is 10.1 Å². The summed E-state index contributed by atoms with van der Waals surface area (Å²) in [5.41, 5.74) is 0.622. The first-order valence-corrected chi connectivity index (χ1v) is 6.59. The van der Waals surface area contributed by atoms with E-state index in [4.69, 9.17) is 0 Å². The molecule has 0 saturated heterocycles. The summed E-state index contributed by atoms with van der Waals surface area (Å²) < 4.78 is 18.9. The monoisotopic (exact) mass is 317 g/mol. The number of halogens is 2. The highest BCUT2D eigenvalue weighted by Gasteiger charge is 2.10. The van der Waals surface area contributed by atoms with Crippen LogP contribution < -0.4 is 5.32 Å². The minimum absolute atomic E-state index is 0.0873. The van der Waals surface area contributed by atoms with E-state index in [1.807, 2.05) is 13.0 Å². The van der Waals surface area contributed by atoms with Crippen molar-refractivity contribution in [1.29, 1.82) is 0 Å².